The lowest BCUT2D eigenvalue weighted by atomic mass is 10.1. The molecule has 0 saturated carbocycles. The van der Waals surface area contributed by atoms with Gasteiger partial charge in [0.2, 0.25) is 11.8 Å². The van der Waals surface area contributed by atoms with Gasteiger partial charge >= 0.3 is 0 Å². The quantitative estimate of drug-likeness (QED) is 0.818. The van der Waals surface area contributed by atoms with Crippen molar-refractivity contribution in [3.05, 3.63) is 28.7 Å². The highest BCUT2D eigenvalue weighted by Crippen LogP contribution is 2.29. The maximum atomic E-state index is 12.5. The number of benzene rings is 1. The molecule has 2 heterocycles. The number of likely N-dealkylation sites (tertiary alicyclic amines) is 1. The van der Waals surface area contributed by atoms with Crippen LogP contribution in [0.1, 0.15) is 12.8 Å². The van der Waals surface area contributed by atoms with Crippen LogP contribution >= 0.6 is 15.9 Å². The number of nitrogens with two attached hydrogens (primary N) is 1. The fraction of sp³-hybridized carbons (Fsp3) is 0.467. The summed E-state index contributed by atoms with van der Waals surface area (Å²) in [5, 5.41) is 0. The van der Waals surface area contributed by atoms with Crippen LogP contribution in [0.5, 0.6) is 0 Å². The van der Waals surface area contributed by atoms with Crippen molar-refractivity contribution in [2.45, 2.75) is 18.9 Å². The number of hydrogen-bond donors (Lipinski definition) is 1. The Morgan fingerprint density at radius 3 is 2.76 bits per heavy atom. The molecule has 1 aromatic rings. The summed E-state index contributed by atoms with van der Waals surface area (Å²) in [4.78, 5) is 28.4. The van der Waals surface area contributed by atoms with Gasteiger partial charge in [-0.25, -0.2) is 0 Å². The third-order valence-corrected chi connectivity index (χ3v) is 4.65. The van der Waals surface area contributed by atoms with Crippen LogP contribution in [0.3, 0.4) is 0 Å². The van der Waals surface area contributed by atoms with Crippen LogP contribution in [0.4, 0.5) is 5.69 Å². The van der Waals surface area contributed by atoms with E-state index >= 15 is 0 Å². The van der Waals surface area contributed by atoms with Gasteiger partial charge in [0.1, 0.15) is 5.92 Å². The highest BCUT2D eigenvalue weighted by molar-refractivity contribution is 9.10. The number of nitrogens with zero attached hydrogens (tertiary/aromatic N) is 2. The number of anilines is 1. The number of amides is 2. The molecule has 0 aliphatic carbocycles. The first-order chi connectivity index (χ1) is 10.1. The second-order valence-corrected chi connectivity index (χ2v) is 6.56. The number of carbonyl (C=O) groups is 2. The first kappa shape index (κ1) is 14.5. The first-order valence-corrected chi connectivity index (χ1v) is 7.97. The van der Waals surface area contributed by atoms with Crippen LogP contribution in [-0.4, -0.2) is 42.4 Å². The second kappa shape index (κ2) is 5.77. The second-order valence-electron chi connectivity index (χ2n) is 5.64. The van der Waals surface area contributed by atoms with E-state index in [9.17, 15) is 9.59 Å². The fourth-order valence-corrected chi connectivity index (χ4v) is 3.40. The van der Waals surface area contributed by atoms with E-state index in [4.69, 9.17) is 5.73 Å². The number of carbonyl (C=O) groups excluding carboxylic acids is 2. The van der Waals surface area contributed by atoms with Gasteiger partial charge in [0.25, 0.3) is 0 Å². The van der Waals surface area contributed by atoms with Crippen LogP contribution in [0.25, 0.3) is 0 Å². The Bertz CT molecular complexity index is 578. The molecule has 21 heavy (non-hydrogen) atoms. The average molecular weight is 352 g/mol. The number of rotatable bonds is 2. The van der Waals surface area contributed by atoms with Crippen molar-refractivity contribution in [3.8, 4) is 0 Å². The van der Waals surface area contributed by atoms with Crippen LogP contribution in [0.15, 0.2) is 28.7 Å². The van der Waals surface area contributed by atoms with Gasteiger partial charge in [-0.1, -0.05) is 22.0 Å². The Morgan fingerprint density at radius 1 is 1.29 bits per heavy atom. The minimum Gasteiger partial charge on any atom is -0.340 e. The molecule has 0 aromatic heterocycles. The molecule has 2 aliphatic heterocycles. The Balaban J connectivity index is 1.73. The van der Waals surface area contributed by atoms with Crippen LogP contribution < -0.4 is 10.6 Å². The molecule has 2 amide bonds. The molecule has 3 rings (SSSR count). The summed E-state index contributed by atoms with van der Waals surface area (Å²) >= 11 is 3.41. The molecule has 2 fully saturated rings. The van der Waals surface area contributed by atoms with Crippen molar-refractivity contribution < 1.29 is 9.59 Å². The van der Waals surface area contributed by atoms with Gasteiger partial charge in [-0.3, -0.25) is 9.59 Å². The van der Waals surface area contributed by atoms with Crippen molar-refractivity contribution in [2.75, 3.05) is 24.5 Å². The minimum absolute atomic E-state index is 0.0478. The van der Waals surface area contributed by atoms with Crippen molar-refractivity contribution in [3.63, 3.8) is 0 Å². The lowest BCUT2D eigenvalue weighted by molar-refractivity contribution is -0.139. The monoisotopic (exact) mass is 351 g/mol. The Kier molecular flexibility index (Phi) is 3.99. The van der Waals surface area contributed by atoms with E-state index in [1.807, 2.05) is 24.3 Å². The topological polar surface area (TPSA) is 66.6 Å². The molecule has 2 N–H and O–H groups in total. The SMILES string of the molecule is N[C@@H]1CCN(C(=O)[C@@H]2CCN(c3cccc(Br)c3)C2=O)C1. The lowest BCUT2D eigenvalue weighted by Crippen LogP contribution is -2.40. The molecule has 5 nitrogen and oxygen atoms in total. The molecule has 112 valence electrons. The Labute approximate surface area is 132 Å². The predicted octanol–water partition coefficient (Wildman–Crippen LogP) is 1.36. The maximum Gasteiger partial charge on any atom is 0.239 e. The van der Waals surface area contributed by atoms with E-state index in [2.05, 4.69) is 15.9 Å². The fourth-order valence-electron chi connectivity index (χ4n) is 3.02. The van der Waals surface area contributed by atoms with Crippen molar-refractivity contribution in [1.82, 2.24) is 4.90 Å². The number of hydrogen-bond acceptors (Lipinski definition) is 3. The van der Waals surface area contributed by atoms with Gasteiger partial charge in [-0.15, -0.1) is 0 Å². The summed E-state index contributed by atoms with van der Waals surface area (Å²) in [7, 11) is 0. The zero-order valence-corrected chi connectivity index (χ0v) is 13.3. The van der Waals surface area contributed by atoms with E-state index < -0.39 is 5.92 Å². The minimum atomic E-state index is -0.547. The van der Waals surface area contributed by atoms with E-state index in [0.29, 0.717) is 26.1 Å². The molecule has 2 atom stereocenters. The molecule has 2 saturated heterocycles. The highest BCUT2D eigenvalue weighted by atomic mass is 79.9. The smallest absolute Gasteiger partial charge is 0.239 e. The van der Waals surface area contributed by atoms with Gasteiger partial charge in [-0.2, -0.15) is 0 Å². The molecular weight excluding hydrogens is 334 g/mol. The van der Waals surface area contributed by atoms with Gasteiger partial charge in [0.15, 0.2) is 0 Å². The molecule has 0 bridgehead atoms. The zero-order valence-electron chi connectivity index (χ0n) is 11.7. The van der Waals surface area contributed by atoms with Gasteiger partial charge in [0, 0.05) is 35.8 Å². The molecule has 0 radical (unpaired) electrons. The first-order valence-electron chi connectivity index (χ1n) is 7.17. The Morgan fingerprint density at radius 2 is 2.10 bits per heavy atom. The number of halogens is 1. The van der Waals surface area contributed by atoms with Crippen LogP contribution in [-0.2, 0) is 9.59 Å². The standard InChI is InChI=1S/C15H18BrN3O2/c16-10-2-1-3-12(8-10)19-7-5-13(15(19)21)14(20)18-6-4-11(17)9-18/h1-3,8,11,13H,4-7,9,17H2/t11-,13+/m1/s1. The largest absolute Gasteiger partial charge is 0.340 e. The van der Waals surface area contributed by atoms with E-state index in [-0.39, 0.29) is 17.9 Å². The van der Waals surface area contributed by atoms with Gasteiger partial charge in [0.05, 0.1) is 0 Å². The summed E-state index contributed by atoms with van der Waals surface area (Å²) < 4.78 is 0.924. The van der Waals surface area contributed by atoms with Crippen molar-refractivity contribution in [2.24, 2.45) is 11.7 Å². The predicted molar refractivity (Wildman–Crippen MR) is 83.8 cm³/mol. The summed E-state index contributed by atoms with van der Waals surface area (Å²) in [6.07, 6.45) is 1.40. The summed E-state index contributed by atoms with van der Waals surface area (Å²) in [6.45, 7) is 1.83. The molecular formula is C15H18BrN3O2. The van der Waals surface area contributed by atoms with Crippen LogP contribution in [0.2, 0.25) is 0 Å². The molecule has 6 heteroatoms. The van der Waals surface area contributed by atoms with Gasteiger partial charge in [-0.05, 0) is 31.0 Å². The lowest BCUT2D eigenvalue weighted by Gasteiger charge is -2.20. The zero-order chi connectivity index (χ0) is 15.0. The molecule has 1 aromatic carbocycles. The normalized spacial score (nSPS) is 25.7. The summed E-state index contributed by atoms with van der Waals surface area (Å²) in [6, 6.07) is 7.64. The van der Waals surface area contributed by atoms with E-state index in [1.165, 1.54) is 0 Å². The highest BCUT2D eigenvalue weighted by Gasteiger charge is 2.40. The van der Waals surface area contributed by atoms with E-state index in [1.54, 1.807) is 9.80 Å². The summed E-state index contributed by atoms with van der Waals surface area (Å²) in [5.74, 6) is -0.710. The Hall–Kier alpha value is -1.40. The van der Waals surface area contributed by atoms with Crippen molar-refractivity contribution in [1.29, 1.82) is 0 Å². The van der Waals surface area contributed by atoms with E-state index in [0.717, 1.165) is 16.6 Å². The molecule has 0 spiro atoms. The van der Waals surface area contributed by atoms with Crippen LogP contribution in [0, 0.1) is 5.92 Å². The average Bonchev–Trinajstić information content (AvgIpc) is 3.04. The van der Waals surface area contributed by atoms with Crippen molar-refractivity contribution >= 4 is 33.4 Å². The molecule has 0 unspecified atom stereocenters. The third-order valence-electron chi connectivity index (χ3n) is 4.16. The molecule has 2 aliphatic rings. The maximum absolute atomic E-state index is 12.5. The van der Waals surface area contributed by atoms with Gasteiger partial charge < -0.3 is 15.5 Å². The summed E-state index contributed by atoms with van der Waals surface area (Å²) in [5.41, 5.74) is 6.67. The third kappa shape index (κ3) is 2.82.